The van der Waals surface area contributed by atoms with Gasteiger partial charge in [-0.05, 0) is 37.3 Å². The van der Waals surface area contributed by atoms with Gasteiger partial charge in [0.05, 0.1) is 11.9 Å². The monoisotopic (exact) mass is 489 g/mol. The highest BCUT2D eigenvalue weighted by Crippen LogP contribution is 2.27. The fourth-order valence-corrected chi connectivity index (χ4v) is 4.25. The second-order valence-corrected chi connectivity index (χ2v) is 9.48. The largest absolute Gasteiger partial charge is 0.357 e. The van der Waals surface area contributed by atoms with Crippen LogP contribution in [0.5, 0.6) is 0 Å². The molecule has 2 aromatic carbocycles. The Hall–Kier alpha value is -2.36. The van der Waals surface area contributed by atoms with Gasteiger partial charge in [0.2, 0.25) is 21.8 Å². The highest BCUT2D eigenvalue weighted by Gasteiger charge is 2.30. The molecule has 7 nitrogen and oxygen atoms in total. The lowest BCUT2D eigenvalue weighted by molar-refractivity contribution is -0.139. The van der Waals surface area contributed by atoms with E-state index < -0.39 is 40.2 Å². The fourth-order valence-electron chi connectivity index (χ4n) is 2.89. The van der Waals surface area contributed by atoms with Gasteiger partial charge in [0.25, 0.3) is 0 Å². The summed E-state index contributed by atoms with van der Waals surface area (Å²) in [6, 6.07) is 8.72. The average Bonchev–Trinajstić information content (AvgIpc) is 2.69. The molecule has 0 aliphatic heterocycles. The summed E-state index contributed by atoms with van der Waals surface area (Å²) in [5.41, 5.74) is 0.394. The summed E-state index contributed by atoms with van der Waals surface area (Å²) >= 11 is 12.4. The molecule has 1 N–H and O–H groups in total. The van der Waals surface area contributed by atoms with Crippen LogP contribution in [0.3, 0.4) is 0 Å². The van der Waals surface area contributed by atoms with E-state index in [-0.39, 0.29) is 12.2 Å². The number of rotatable bonds is 8. The maximum atomic E-state index is 13.7. The Labute approximate surface area is 190 Å². The van der Waals surface area contributed by atoms with Crippen molar-refractivity contribution in [3.8, 4) is 0 Å². The molecule has 2 amide bonds. The molecular weight excluding hydrogens is 468 g/mol. The minimum atomic E-state index is -3.94. The summed E-state index contributed by atoms with van der Waals surface area (Å²) in [5.74, 6) is -1.81. The molecule has 11 heteroatoms. The standard InChI is InChI=1S/C20H22Cl2FN3O4S/c1-13(20(28)24-2)25(11-16-17(21)8-5-9-18(16)22)19(27)12-26(31(3,29)30)15-7-4-6-14(23)10-15/h4-10,13H,11-12H2,1-3H3,(H,24,28)/t13-/m1/s1. The molecule has 1 atom stereocenters. The van der Waals surface area contributed by atoms with Gasteiger partial charge in [-0.3, -0.25) is 13.9 Å². The third-order valence-electron chi connectivity index (χ3n) is 4.58. The molecule has 168 valence electrons. The van der Waals surface area contributed by atoms with Crippen LogP contribution in [-0.2, 0) is 26.2 Å². The highest BCUT2D eigenvalue weighted by molar-refractivity contribution is 7.92. The molecule has 0 radical (unpaired) electrons. The van der Waals surface area contributed by atoms with E-state index in [0.29, 0.717) is 15.6 Å². The fraction of sp³-hybridized carbons (Fsp3) is 0.300. The molecule has 0 aliphatic rings. The molecule has 0 aromatic heterocycles. The normalized spacial score (nSPS) is 12.2. The van der Waals surface area contributed by atoms with Gasteiger partial charge in [0.1, 0.15) is 18.4 Å². The molecule has 0 saturated carbocycles. The number of carbonyl (C=O) groups is 2. The van der Waals surface area contributed by atoms with E-state index in [0.717, 1.165) is 22.7 Å². The van der Waals surface area contributed by atoms with E-state index in [4.69, 9.17) is 23.2 Å². The number of amides is 2. The van der Waals surface area contributed by atoms with E-state index >= 15 is 0 Å². The maximum Gasteiger partial charge on any atom is 0.244 e. The minimum Gasteiger partial charge on any atom is -0.357 e. The second-order valence-electron chi connectivity index (χ2n) is 6.76. The Bertz CT molecular complexity index is 1060. The Morgan fingerprint density at radius 3 is 2.23 bits per heavy atom. The SMILES string of the molecule is CNC(=O)[C@@H](C)N(Cc1c(Cl)cccc1Cl)C(=O)CN(c1cccc(F)c1)S(C)(=O)=O. The smallest absolute Gasteiger partial charge is 0.244 e. The average molecular weight is 490 g/mol. The van der Waals surface area contributed by atoms with Crippen molar-refractivity contribution in [1.29, 1.82) is 0 Å². The van der Waals surface area contributed by atoms with Crippen molar-refractivity contribution >= 4 is 50.7 Å². The van der Waals surface area contributed by atoms with Crippen LogP contribution in [0.15, 0.2) is 42.5 Å². The number of carbonyl (C=O) groups excluding carboxylic acids is 2. The van der Waals surface area contributed by atoms with Gasteiger partial charge in [0, 0.05) is 29.2 Å². The number of likely N-dealkylation sites (N-methyl/N-ethyl adjacent to an activating group) is 1. The van der Waals surface area contributed by atoms with Crippen LogP contribution in [0.2, 0.25) is 10.0 Å². The lowest BCUT2D eigenvalue weighted by atomic mass is 10.1. The number of benzene rings is 2. The van der Waals surface area contributed by atoms with Crippen molar-refractivity contribution in [2.45, 2.75) is 19.5 Å². The van der Waals surface area contributed by atoms with E-state index in [1.165, 1.54) is 31.0 Å². The molecular formula is C20H22Cl2FN3O4S. The summed E-state index contributed by atoms with van der Waals surface area (Å²) in [7, 11) is -2.52. The Morgan fingerprint density at radius 1 is 1.13 bits per heavy atom. The molecule has 0 bridgehead atoms. The zero-order chi connectivity index (χ0) is 23.3. The van der Waals surface area contributed by atoms with Crippen molar-refractivity contribution in [3.05, 3.63) is 63.9 Å². The van der Waals surface area contributed by atoms with Crippen molar-refractivity contribution in [2.75, 3.05) is 24.2 Å². The van der Waals surface area contributed by atoms with Crippen molar-refractivity contribution < 1.29 is 22.4 Å². The molecule has 0 saturated heterocycles. The number of nitrogens with one attached hydrogen (secondary N) is 1. The summed E-state index contributed by atoms with van der Waals surface area (Å²) in [5, 5.41) is 3.04. The minimum absolute atomic E-state index is 0.0147. The first-order valence-electron chi connectivity index (χ1n) is 9.13. The molecule has 0 fully saturated rings. The van der Waals surface area contributed by atoms with Crippen LogP contribution < -0.4 is 9.62 Å². The molecule has 31 heavy (non-hydrogen) atoms. The predicted molar refractivity (Wildman–Crippen MR) is 119 cm³/mol. The number of nitrogens with zero attached hydrogens (tertiary/aromatic N) is 2. The second kappa shape index (κ2) is 10.3. The van der Waals surface area contributed by atoms with Crippen LogP contribution in [0.1, 0.15) is 12.5 Å². The number of hydrogen-bond donors (Lipinski definition) is 1. The van der Waals surface area contributed by atoms with Crippen LogP contribution in [0, 0.1) is 5.82 Å². The number of hydrogen-bond acceptors (Lipinski definition) is 4. The van der Waals surface area contributed by atoms with Gasteiger partial charge >= 0.3 is 0 Å². The topological polar surface area (TPSA) is 86.8 Å². The predicted octanol–water partition coefficient (Wildman–Crippen LogP) is 3.06. The molecule has 0 unspecified atom stereocenters. The van der Waals surface area contributed by atoms with Crippen molar-refractivity contribution in [3.63, 3.8) is 0 Å². The summed E-state index contributed by atoms with van der Waals surface area (Å²) < 4.78 is 39.1. The Balaban J connectivity index is 2.44. The van der Waals surface area contributed by atoms with Gasteiger partial charge in [-0.25, -0.2) is 12.8 Å². The zero-order valence-corrected chi connectivity index (χ0v) is 19.4. The maximum absolute atomic E-state index is 13.7. The molecule has 2 rings (SSSR count). The van der Waals surface area contributed by atoms with Crippen LogP contribution in [-0.4, -0.2) is 51.0 Å². The zero-order valence-electron chi connectivity index (χ0n) is 17.1. The Kier molecular flexibility index (Phi) is 8.27. The lowest BCUT2D eigenvalue weighted by Crippen LogP contribution is -2.50. The summed E-state index contributed by atoms with van der Waals surface area (Å²) in [6.45, 7) is 0.715. The van der Waals surface area contributed by atoms with Gasteiger partial charge < -0.3 is 10.2 Å². The third kappa shape index (κ3) is 6.32. The van der Waals surface area contributed by atoms with Crippen LogP contribution in [0.4, 0.5) is 10.1 Å². The van der Waals surface area contributed by atoms with Crippen molar-refractivity contribution in [1.82, 2.24) is 10.2 Å². The van der Waals surface area contributed by atoms with Crippen LogP contribution in [0.25, 0.3) is 0 Å². The van der Waals surface area contributed by atoms with Gasteiger partial charge in [-0.1, -0.05) is 35.3 Å². The van der Waals surface area contributed by atoms with E-state index in [1.54, 1.807) is 18.2 Å². The van der Waals surface area contributed by atoms with E-state index in [9.17, 15) is 22.4 Å². The first-order chi connectivity index (χ1) is 14.5. The third-order valence-corrected chi connectivity index (χ3v) is 6.43. The molecule has 0 spiro atoms. The first kappa shape index (κ1) is 24.9. The van der Waals surface area contributed by atoms with Gasteiger partial charge in [0.15, 0.2) is 0 Å². The van der Waals surface area contributed by atoms with Crippen molar-refractivity contribution in [2.24, 2.45) is 0 Å². The summed E-state index contributed by atoms with van der Waals surface area (Å²) in [6.07, 6.45) is 0.905. The van der Waals surface area contributed by atoms with E-state index in [2.05, 4.69) is 5.32 Å². The quantitative estimate of drug-likeness (QED) is 0.617. The molecule has 0 aliphatic carbocycles. The lowest BCUT2D eigenvalue weighted by Gasteiger charge is -2.31. The highest BCUT2D eigenvalue weighted by atomic mass is 35.5. The number of halogens is 3. The van der Waals surface area contributed by atoms with E-state index in [1.807, 2.05) is 0 Å². The number of sulfonamides is 1. The Morgan fingerprint density at radius 2 is 1.71 bits per heavy atom. The van der Waals surface area contributed by atoms with Crippen LogP contribution >= 0.6 is 23.2 Å². The molecule has 0 heterocycles. The summed E-state index contributed by atoms with van der Waals surface area (Å²) in [4.78, 5) is 26.6. The number of anilines is 1. The van der Waals surface area contributed by atoms with Gasteiger partial charge in [-0.15, -0.1) is 0 Å². The molecule has 2 aromatic rings. The first-order valence-corrected chi connectivity index (χ1v) is 11.7. The van der Waals surface area contributed by atoms with Gasteiger partial charge in [-0.2, -0.15) is 0 Å².